The highest BCUT2D eigenvalue weighted by atomic mass is 35.5. The highest BCUT2D eigenvalue weighted by Gasteiger charge is 2.27. The molecule has 0 heterocycles. The first-order valence-electron chi connectivity index (χ1n) is 5.60. The van der Waals surface area contributed by atoms with Crippen molar-refractivity contribution in [2.45, 2.75) is 13.8 Å². The number of nitrogens with zero attached hydrogens (tertiary/aromatic N) is 1. The fraction of sp³-hybridized carbons (Fsp3) is 0.333. The van der Waals surface area contributed by atoms with E-state index in [4.69, 9.17) is 34.1 Å². The topological polar surface area (TPSA) is 87.7 Å². The summed E-state index contributed by atoms with van der Waals surface area (Å²) in [6.07, 6.45) is 0. The van der Waals surface area contributed by atoms with E-state index in [-0.39, 0.29) is 11.8 Å². The van der Waals surface area contributed by atoms with Crippen LogP contribution in [0.4, 0.5) is 5.69 Å². The molecule has 0 spiro atoms. The van der Waals surface area contributed by atoms with Crippen LogP contribution in [0.25, 0.3) is 0 Å². The van der Waals surface area contributed by atoms with Gasteiger partial charge in [0.2, 0.25) is 5.91 Å². The minimum absolute atomic E-state index is 0.123. The number of carbonyl (C=O) groups is 1. The Morgan fingerprint density at radius 1 is 1.42 bits per heavy atom. The van der Waals surface area contributed by atoms with Gasteiger partial charge in [-0.15, -0.1) is 0 Å². The third-order valence-electron chi connectivity index (χ3n) is 2.57. The van der Waals surface area contributed by atoms with Gasteiger partial charge >= 0.3 is 0 Å². The standard InChI is InChI=1S/C12H15Cl2N3O2/c1-6(2)10(11(15)17-19)12(18)16-9-4-3-7(13)5-8(9)14/h3-6,10,19H,1-2H3,(H2,15,17)(H,16,18). The minimum Gasteiger partial charge on any atom is -0.409 e. The summed E-state index contributed by atoms with van der Waals surface area (Å²) in [5, 5.41) is 15.0. The van der Waals surface area contributed by atoms with Gasteiger partial charge in [0.05, 0.1) is 10.7 Å². The monoisotopic (exact) mass is 303 g/mol. The molecule has 1 unspecified atom stereocenters. The van der Waals surface area contributed by atoms with Gasteiger partial charge in [0.15, 0.2) is 5.84 Å². The van der Waals surface area contributed by atoms with Gasteiger partial charge in [0.1, 0.15) is 5.92 Å². The predicted molar refractivity (Wildman–Crippen MR) is 76.8 cm³/mol. The molecular weight excluding hydrogens is 289 g/mol. The summed E-state index contributed by atoms with van der Waals surface area (Å²) < 4.78 is 0. The molecular formula is C12H15Cl2N3O2. The van der Waals surface area contributed by atoms with E-state index in [9.17, 15) is 4.79 Å². The van der Waals surface area contributed by atoms with Crippen molar-refractivity contribution in [3.63, 3.8) is 0 Å². The van der Waals surface area contributed by atoms with Crippen molar-refractivity contribution >= 4 is 40.6 Å². The number of nitrogens with one attached hydrogen (secondary N) is 1. The molecule has 1 aromatic rings. The summed E-state index contributed by atoms with van der Waals surface area (Å²) in [4.78, 5) is 12.1. The lowest BCUT2D eigenvalue weighted by atomic mass is 9.94. The van der Waals surface area contributed by atoms with E-state index in [2.05, 4.69) is 10.5 Å². The van der Waals surface area contributed by atoms with Crippen LogP contribution in [0.5, 0.6) is 0 Å². The number of rotatable bonds is 4. The number of nitrogens with two attached hydrogens (primary N) is 1. The Kier molecular flexibility index (Phi) is 5.44. The Balaban J connectivity index is 2.94. The number of anilines is 1. The number of oxime groups is 1. The predicted octanol–water partition coefficient (Wildman–Crippen LogP) is 2.95. The first-order valence-corrected chi connectivity index (χ1v) is 6.35. The van der Waals surface area contributed by atoms with Gasteiger partial charge < -0.3 is 16.3 Å². The quantitative estimate of drug-likeness (QED) is 0.346. The summed E-state index contributed by atoms with van der Waals surface area (Å²) in [6, 6.07) is 4.72. The van der Waals surface area contributed by atoms with Gasteiger partial charge in [-0.3, -0.25) is 4.79 Å². The summed E-state index contributed by atoms with van der Waals surface area (Å²) in [5.74, 6) is -1.40. The number of halogens is 2. The Morgan fingerprint density at radius 3 is 2.53 bits per heavy atom. The molecule has 1 rings (SSSR count). The molecule has 1 atom stereocenters. The van der Waals surface area contributed by atoms with Crippen molar-refractivity contribution in [2.75, 3.05) is 5.32 Å². The summed E-state index contributed by atoms with van der Waals surface area (Å²) >= 11 is 11.7. The Morgan fingerprint density at radius 2 is 2.05 bits per heavy atom. The lowest BCUT2D eigenvalue weighted by Gasteiger charge is -2.19. The molecule has 0 saturated heterocycles. The van der Waals surface area contributed by atoms with Gasteiger partial charge in [-0.25, -0.2) is 0 Å². The van der Waals surface area contributed by atoms with Crippen LogP contribution in [0.3, 0.4) is 0 Å². The van der Waals surface area contributed by atoms with Gasteiger partial charge in [-0.05, 0) is 24.1 Å². The highest BCUT2D eigenvalue weighted by Crippen LogP contribution is 2.26. The molecule has 104 valence electrons. The maximum absolute atomic E-state index is 12.1. The Hall–Kier alpha value is -1.46. The van der Waals surface area contributed by atoms with E-state index in [0.717, 1.165) is 0 Å². The fourth-order valence-corrected chi connectivity index (χ4v) is 2.10. The lowest BCUT2D eigenvalue weighted by Crippen LogP contribution is -2.38. The third-order valence-corrected chi connectivity index (χ3v) is 3.12. The second-order valence-electron chi connectivity index (χ2n) is 4.36. The zero-order valence-electron chi connectivity index (χ0n) is 10.5. The number of amides is 1. The maximum Gasteiger partial charge on any atom is 0.235 e. The summed E-state index contributed by atoms with van der Waals surface area (Å²) in [5.41, 5.74) is 5.94. The van der Waals surface area contributed by atoms with Gasteiger partial charge in [0.25, 0.3) is 0 Å². The van der Waals surface area contributed by atoms with E-state index in [1.54, 1.807) is 26.0 Å². The van der Waals surface area contributed by atoms with E-state index < -0.39 is 11.8 Å². The summed E-state index contributed by atoms with van der Waals surface area (Å²) in [6.45, 7) is 3.59. The summed E-state index contributed by atoms with van der Waals surface area (Å²) in [7, 11) is 0. The number of carbonyl (C=O) groups excluding carboxylic acids is 1. The average molecular weight is 304 g/mol. The molecule has 0 aliphatic carbocycles. The molecule has 4 N–H and O–H groups in total. The molecule has 0 radical (unpaired) electrons. The molecule has 0 aliphatic heterocycles. The molecule has 1 amide bonds. The normalized spacial score (nSPS) is 13.4. The van der Waals surface area contributed by atoms with Crippen molar-refractivity contribution in [2.24, 2.45) is 22.7 Å². The van der Waals surface area contributed by atoms with Crippen LogP contribution in [0, 0.1) is 11.8 Å². The molecule has 0 bridgehead atoms. The van der Waals surface area contributed by atoms with Crippen molar-refractivity contribution in [3.05, 3.63) is 28.2 Å². The fourth-order valence-electron chi connectivity index (χ4n) is 1.64. The largest absolute Gasteiger partial charge is 0.409 e. The lowest BCUT2D eigenvalue weighted by molar-refractivity contribution is -0.119. The molecule has 0 fully saturated rings. The SMILES string of the molecule is CC(C)C(C(=O)Nc1ccc(Cl)cc1Cl)C(N)=NO. The Bertz CT molecular complexity index is 504. The number of hydrogen-bond acceptors (Lipinski definition) is 3. The second kappa shape index (κ2) is 6.63. The van der Waals surface area contributed by atoms with E-state index in [1.165, 1.54) is 6.07 Å². The van der Waals surface area contributed by atoms with Crippen LogP contribution in [0.2, 0.25) is 10.0 Å². The third kappa shape index (κ3) is 4.01. The molecule has 0 aliphatic rings. The van der Waals surface area contributed by atoms with Gasteiger partial charge in [0, 0.05) is 5.02 Å². The van der Waals surface area contributed by atoms with Crippen molar-refractivity contribution in [1.29, 1.82) is 0 Å². The maximum atomic E-state index is 12.1. The second-order valence-corrected chi connectivity index (χ2v) is 5.20. The zero-order valence-corrected chi connectivity index (χ0v) is 12.0. The average Bonchev–Trinajstić information content (AvgIpc) is 2.32. The van der Waals surface area contributed by atoms with E-state index in [1.807, 2.05) is 0 Å². The number of hydrogen-bond donors (Lipinski definition) is 3. The molecule has 0 saturated carbocycles. The van der Waals surface area contributed by atoms with Crippen LogP contribution in [-0.4, -0.2) is 17.0 Å². The first-order chi connectivity index (χ1) is 8.86. The van der Waals surface area contributed by atoms with Crippen LogP contribution in [-0.2, 0) is 4.79 Å². The molecule has 5 nitrogen and oxygen atoms in total. The molecule has 19 heavy (non-hydrogen) atoms. The molecule has 7 heteroatoms. The van der Waals surface area contributed by atoms with Crippen LogP contribution >= 0.6 is 23.2 Å². The van der Waals surface area contributed by atoms with E-state index in [0.29, 0.717) is 15.7 Å². The van der Waals surface area contributed by atoms with Crippen LogP contribution < -0.4 is 11.1 Å². The minimum atomic E-state index is -0.739. The van der Waals surface area contributed by atoms with Crippen LogP contribution in [0.15, 0.2) is 23.4 Å². The van der Waals surface area contributed by atoms with E-state index >= 15 is 0 Å². The first kappa shape index (κ1) is 15.6. The Labute approximate surface area is 121 Å². The number of benzene rings is 1. The van der Waals surface area contributed by atoms with Gasteiger partial charge in [-0.2, -0.15) is 0 Å². The molecule has 1 aromatic carbocycles. The number of amidine groups is 1. The van der Waals surface area contributed by atoms with Crippen LogP contribution in [0.1, 0.15) is 13.8 Å². The van der Waals surface area contributed by atoms with Crippen molar-refractivity contribution < 1.29 is 10.0 Å². The van der Waals surface area contributed by atoms with Crippen molar-refractivity contribution in [1.82, 2.24) is 0 Å². The highest BCUT2D eigenvalue weighted by molar-refractivity contribution is 6.36. The molecule has 0 aromatic heterocycles. The van der Waals surface area contributed by atoms with Gasteiger partial charge in [-0.1, -0.05) is 42.2 Å². The zero-order chi connectivity index (χ0) is 14.6. The van der Waals surface area contributed by atoms with Crippen molar-refractivity contribution in [3.8, 4) is 0 Å². The smallest absolute Gasteiger partial charge is 0.235 e.